The SMILES string of the molecule is CC(N)C1CCCCC1.NC=O. The van der Waals surface area contributed by atoms with Crippen LogP contribution in [0.4, 0.5) is 0 Å². The molecule has 1 saturated carbocycles. The van der Waals surface area contributed by atoms with Gasteiger partial charge in [-0.1, -0.05) is 19.3 Å². The van der Waals surface area contributed by atoms with Crippen molar-refractivity contribution in [1.82, 2.24) is 0 Å². The van der Waals surface area contributed by atoms with E-state index < -0.39 is 0 Å². The summed E-state index contributed by atoms with van der Waals surface area (Å²) in [5.74, 6) is 0.832. The largest absolute Gasteiger partial charge is 0.372 e. The van der Waals surface area contributed by atoms with E-state index in [1.807, 2.05) is 0 Å². The summed E-state index contributed by atoms with van der Waals surface area (Å²) in [6, 6.07) is 0.435. The number of rotatable bonds is 1. The number of carbonyl (C=O) groups is 1. The van der Waals surface area contributed by atoms with Gasteiger partial charge < -0.3 is 11.5 Å². The van der Waals surface area contributed by atoms with Crippen LogP contribution in [0, 0.1) is 5.92 Å². The maximum atomic E-state index is 8.58. The summed E-state index contributed by atoms with van der Waals surface area (Å²) in [4.78, 5) is 8.58. The van der Waals surface area contributed by atoms with Crippen molar-refractivity contribution in [3.05, 3.63) is 0 Å². The molecule has 1 rings (SSSR count). The molecule has 1 aliphatic carbocycles. The Balaban J connectivity index is 0.000000354. The maximum Gasteiger partial charge on any atom is 0.204 e. The van der Waals surface area contributed by atoms with E-state index in [4.69, 9.17) is 10.5 Å². The topological polar surface area (TPSA) is 69.1 Å². The Morgan fingerprint density at radius 1 is 1.33 bits per heavy atom. The molecule has 1 atom stereocenters. The Labute approximate surface area is 74.5 Å². The molecule has 1 amide bonds. The Bertz CT molecular complexity index is 109. The van der Waals surface area contributed by atoms with E-state index >= 15 is 0 Å². The predicted octanol–water partition coefficient (Wildman–Crippen LogP) is 1.02. The summed E-state index contributed by atoms with van der Waals surface area (Å²) in [7, 11) is 0. The lowest BCUT2D eigenvalue weighted by atomic mass is 9.85. The molecule has 72 valence electrons. The molecule has 0 aromatic heterocycles. The third kappa shape index (κ3) is 5.13. The highest BCUT2D eigenvalue weighted by atomic mass is 16.1. The standard InChI is InChI=1S/C8H17N.CH3NO/c1-7(9)8-5-3-2-4-6-8;2-1-3/h7-8H,2-6,9H2,1H3;1H,(H2,2,3). The maximum absolute atomic E-state index is 8.58. The van der Waals surface area contributed by atoms with Crippen molar-refractivity contribution in [3.63, 3.8) is 0 Å². The van der Waals surface area contributed by atoms with Crippen LogP contribution in [-0.2, 0) is 4.79 Å². The van der Waals surface area contributed by atoms with Gasteiger partial charge in [0, 0.05) is 6.04 Å². The van der Waals surface area contributed by atoms with Crippen LogP contribution in [0.5, 0.6) is 0 Å². The van der Waals surface area contributed by atoms with Crippen LogP contribution in [0.25, 0.3) is 0 Å². The van der Waals surface area contributed by atoms with Gasteiger partial charge in [-0.25, -0.2) is 0 Å². The van der Waals surface area contributed by atoms with Crippen molar-refractivity contribution in [2.75, 3.05) is 0 Å². The second-order valence-corrected chi connectivity index (χ2v) is 3.39. The minimum absolute atomic E-state index is 0.250. The fourth-order valence-electron chi connectivity index (χ4n) is 1.66. The highest BCUT2D eigenvalue weighted by molar-refractivity contribution is 5.42. The first-order valence-electron chi connectivity index (χ1n) is 4.63. The minimum Gasteiger partial charge on any atom is -0.372 e. The van der Waals surface area contributed by atoms with Crippen molar-refractivity contribution >= 4 is 6.41 Å². The third-order valence-electron chi connectivity index (χ3n) is 2.39. The second-order valence-electron chi connectivity index (χ2n) is 3.39. The molecular weight excluding hydrogens is 152 g/mol. The molecule has 0 aromatic rings. The van der Waals surface area contributed by atoms with Gasteiger partial charge in [-0.2, -0.15) is 0 Å². The van der Waals surface area contributed by atoms with Gasteiger partial charge in [0.15, 0.2) is 0 Å². The van der Waals surface area contributed by atoms with Gasteiger partial charge in [-0.3, -0.25) is 4.79 Å². The molecule has 0 bridgehead atoms. The summed E-state index contributed by atoms with van der Waals surface area (Å²) >= 11 is 0. The zero-order valence-electron chi connectivity index (χ0n) is 7.83. The van der Waals surface area contributed by atoms with Crippen LogP contribution in [-0.4, -0.2) is 12.5 Å². The highest BCUT2D eigenvalue weighted by Crippen LogP contribution is 2.25. The van der Waals surface area contributed by atoms with Crippen molar-refractivity contribution in [1.29, 1.82) is 0 Å². The van der Waals surface area contributed by atoms with Crippen molar-refractivity contribution < 1.29 is 4.79 Å². The van der Waals surface area contributed by atoms with Crippen molar-refractivity contribution in [3.8, 4) is 0 Å². The van der Waals surface area contributed by atoms with Crippen LogP contribution in [0.3, 0.4) is 0 Å². The summed E-state index contributed by atoms with van der Waals surface area (Å²) in [5, 5.41) is 0. The van der Waals surface area contributed by atoms with Crippen LogP contribution in [0.2, 0.25) is 0 Å². The van der Waals surface area contributed by atoms with Crippen LogP contribution >= 0.6 is 0 Å². The molecule has 3 heteroatoms. The van der Waals surface area contributed by atoms with Crippen LogP contribution in [0.1, 0.15) is 39.0 Å². The summed E-state index contributed by atoms with van der Waals surface area (Å²) in [6.45, 7) is 2.13. The quantitative estimate of drug-likeness (QED) is 0.580. The zero-order chi connectivity index (χ0) is 9.40. The zero-order valence-corrected chi connectivity index (χ0v) is 7.83. The number of hydrogen-bond acceptors (Lipinski definition) is 2. The van der Waals surface area contributed by atoms with Crippen molar-refractivity contribution in [2.45, 2.75) is 45.1 Å². The number of carbonyl (C=O) groups excluding carboxylic acids is 1. The van der Waals surface area contributed by atoms with E-state index in [0.717, 1.165) is 5.92 Å². The fraction of sp³-hybridized carbons (Fsp3) is 0.889. The van der Waals surface area contributed by atoms with E-state index in [1.165, 1.54) is 32.1 Å². The Kier molecular flexibility index (Phi) is 6.76. The normalized spacial score (nSPS) is 20.5. The van der Waals surface area contributed by atoms with E-state index in [1.54, 1.807) is 0 Å². The number of primary amides is 1. The third-order valence-corrected chi connectivity index (χ3v) is 2.39. The average Bonchev–Trinajstić information content (AvgIpc) is 2.07. The fourth-order valence-corrected chi connectivity index (χ4v) is 1.66. The first kappa shape index (κ1) is 11.4. The summed E-state index contributed by atoms with van der Waals surface area (Å²) < 4.78 is 0. The Hall–Kier alpha value is -0.570. The molecule has 0 heterocycles. The molecule has 0 aromatic carbocycles. The smallest absolute Gasteiger partial charge is 0.204 e. The van der Waals surface area contributed by atoms with Gasteiger partial charge in [0.2, 0.25) is 6.41 Å². The van der Waals surface area contributed by atoms with Crippen LogP contribution in [0.15, 0.2) is 0 Å². The molecule has 1 aliphatic rings. The molecule has 0 spiro atoms. The molecule has 4 N–H and O–H groups in total. The van der Waals surface area contributed by atoms with Gasteiger partial charge in [-0.15, -0.1) is 0 Å². The predicted molar refractivity (Wildman–Crippen MR) is 50.5 cm³/mol. The molecule has 3 nitrogen and oxygen atoms in total. The van der Waals surface area contributed by atoms with E-state index in [0.29, 0.717) is 6.04 Å². The van der Waals surface area contributed by atoms with Gasteiger partial charge in [0.25, 0.3) is 0 Å². The lowest BCUT2D eigenvalue weighted by molar-refractivity contribution is -0.106. The summed E-state index contributed by atoms with van der Waals surface area (Å²) in [6.07, 6.45) is 7.25. The van der Waals surface area contributed by atoms with E-state index in [9.17, 15) is 0 Å². The Morgan fingerprint density at radius 3 is 2.00 bits per heavy atom. The number of nitrogens with two attached hydrogens (primary N) is 2. The summed E-state index contributed by atoms with van der Waals surface area (Å²) in [5.41, 5.74) is 9.93. The lowest BCUT2D eigenvalue weighted by Gasteiger charge is -2.24. The molecule has 1 fully saturated rings. The number of amides is 1. The lowest BCUT2D eigenvalue weighted by Crippen LogP contribution is -2.27. The first-order valence-corrected chi connectivity index (χ1v) is 4.63. The molecule has 0 aliphatic heterocycles. The first-order chi connectivity index (χ1) is 5.72. The van der Waals surface area contributed by atoms with Gasteiger partial charge in [-0.05, 0) is 25.7 Å². The van der Waals surface area contributed by atoms with Gasteiger partial charge in [0.1, 0.15) is 0 Å². The number of hydrogen-bond donors (Lipinski definition) is 2. The Morgan fingerprint density at radius 2 is 1.75 bits per heavy atom. The van der Waals surface area contributed by atoms with Crippen molar-refractivity contribution in [2.24, 2.45) is 17.4 Å². The van der Waals surface area contributed by atoms with Crippen LogP contribution < -0.4 is 11.5 Å². The monoisotopic (exact) mass is 172 g/mol. The molecular formula is C9H20N2O. The van der Waals surface area contributed by atoms with Gasteiger partial charge >= 0.3 is 0 Å². The second kappa shape index (κ2) is 7.10. The van der Waals surface area contributed by atoms with E-state index in [2.05, 4.69) is 12.7 Å². The molecule has 0 radical (unpaired) electrons. The van der Waals surface area contributed by atoms with E-state index in [-0.39, 0.29) is 6.41 Å². The minimum atomic E-state index is 0.250. The average molecular weight is 172 g/mol. The van der Waals surface area contributed by atoms with Gasteiger partial charge in [0.05, 0.1) is 0 Å². The molecule has 0 saturated heterocycles. The molecule has 12 heavy (non-hydrogen) atoms. The highest BCUT2D eigenvalue weighted by Gasteiger charge is 2.16. The molecule has 1 unspecified atom stereocenters.